The Labute approximate surface area is 125 Å². The molecule has 0 spiro atoms. The molecular weight excluding hydrogens is 271 g/mol. The van der Waals surface area contributed by atoms with Crippen molar-refractivity contribution in [2.75, 3.05) is 38.3 Å². The fourth-order valence-electron chi connectivity index (χ4n) is 2.59. The molecule has 21 heavy (non-hydrogen) atoms. The van der Waals surface area contributed by atoms with E-state index < -0.39 is 0 Å². The Hall–Kier alpha value is -1.17. The van der Waals surface area contributed by atoms with Crippen molar-refractivity contribution < 1.29 is 14.2 Å². The zero-order valence-corrected chi connectivity index (χ0v) is 12.6. The van der Waals surface area contributed by atoms with Crippen molar-refractivity contribution in [3.05, 3.63) is 29.6 Å². The summed E-state index contributed by atoms with van der Waals surface area (Å²) in [5.74, 6) is -0.186. The Morgan fingerprint density at radius 1 is 1.38 bits per heavy atom. The Morgan fingerprint density at radius 2 is 2.14 bits per heavy atom. The SMILES string of the molecule is COCCCNCc1ccc(F)c(N2CCC(O)CC2)c1. The van der Waals surface area contributed by atoms with Crippen LogP contribution in [0, 0.1) is 5.82 Å². The van der Waals surface area contributed by atoms with Crippen LogP contribution >= 0.6 is 0 Å². The van der Waals surface area contributed by atoms with Crippen molar-refractivity contribution in [2.24, 2.45) is 0 Å². The number of hydrogen-bond acceptors (Lipinski definition) is 4. The van der Waals surface area contributed by atoms with Crippen LogP contribution in [0.2, 0.25) is 0 Å². The lowest BCUT2D eigenvalue weighted by atomic mass is 10.1. The van der Waals surface area contributed by atoms with Crippen LogP contribution in [0.1, 0.15) is 24.8 Å². The van der Waals surface area contributed by atoms with Crippen LogP contribution in [0.3, 0.4) is 0 Å². The van der Waals surface area contributed by atoms with Gasteiger partial charge in [-0.1, -0.05) is 6.07 Å². The highest BCUT2D eigenvalue weighted by atomic mass is 19.1. The van der Waals surface area contributed by atoms with Gasteiger partial charge in [-0.25, -0.2) is 4.39 Å². The van der Waals surface area contributed by atoms with Crippen molar-refractivity contribution in [2.45, 2.75) is 31.9 Å². The molecule has 0 unspecified atom stereocenters. The molecule has 4 nitrogen and oxygen atoms in total. The summed E-state index contributed by atoms with van der Waals surface area (Å²) in [7, 11) is 1.70. The third-order valence-corrected chi connectivity index (χ3v) is 3.85. The molecule has 1 aliphatic rings. The van der Waals surface area contributed by atoms with Crippen molar-refractivity contribution >= 4 is 5.69 Å². The maximum Gasteiger partial charge on any atom is 0.146 e. The molecule has 0 saturated carbocycles. The summed E-state index contributed by atoms with van der Waals surface area (Å²) in [6.07, 6.45) is 2.14. The summed E-state index contributed by atoms with van der Waals surface area (Å²) < 4.78 is 19.0. The number of aliphatic hydroxyl groups is 1. The largest absolute Gasteiger partial charge is 0.393 e. The highest BCUT2D eigenvalue weighted by Gasteiger charge is 2.19. The number of benzene rings is 1. The molecule has 1 aromatic rings. The first-order chi connectivity index (χ1) is 10.2. The maximum atomic E-state index is 14.0. The molecule has 2 rings (SSSR count). The molecule has 1 saturated heterocycles. The normalized spacial score (nSPS) is 16.4. The van der Waals surface area contributed by atoms with E-state index in [-0.39, 0.29) is 11.9 Å². The number of rotatable bonds is 7. The first kappa shape index (κ1) is 16.2. The number of aliphatic hydroxyl groups excluding tert-OH is 1. The van der Waals surface area contributed by atoms with E-state index in [1.807, 2.05) is 17.0 Å². The molecule has 0 bridgehead atoms. The fourth-order valence-corrected chi connectivity index (χ4v) is 2.59. The number of halogens is 1. The number of hydrogen-bond donors (Lipinski definition) is 2. The molecule has 0 atom stereocenters. The van der Waals surface area contributed by atoms with E-state index in [4.69, 9.17) is 4.74 Å². The maximum absolute atomic E-state index is 14.0. The molecule has 0 radical (unpaired) electrons. The molecular formula is C16H25FN2O2. The standard InChI is InChI=1S/C16H25FN2O2/c1-21-10-2-7-18-12-13-3-4-15(17)16(11-13)19-8-5-14(20)6-9-19/h3-4,11,14,18,20H,2,5-10,12H2,1H3. The predicted molar refractivity (Wildman–Crippen MR) is 82.1 cm³/mol. The second-order valence-corrected chi connectivity index (χ2v) is 5.53. The van der Waals surface area contributed by atoms with E-state index in [9.17, 15) is 9.50 Å². The number of ether oxygens (including phenoxy) is 1. The molecule has 5 heteroatoms. The average Bonchev–Trinajstić information content (AvgIpc) is 2.50. The molecule has 0 aromatic heterocycles. The summed E-state index contributed by atoms with van der Waals surface area (Å²) in [5, 5.41) is 12.9. The predicted octanol–water partition coefficient (Wildman–Crippen LogP) is 1.91. The molecule has 1 aromatic carbocycles. The Morgan fingerprint density at radius 3 is 2.86 bits per heavy atom. The van der Waals surface area contributed by atoms with E-state index in [1.54, 1.807) is 7.11 Å². The van der Waals surface area contributed by atoms with E-state index in [1.165, 1.54) is 6.07 Å². The number of nitrogens with zero attached hydrogens (tertiary/aromatic N) is 1. The van der Waals surface area contributed by atoms with Gasteiger partial charge < -0.3 is 20.1 Å². The van der Waals surface area contributed by atoms with Crippen molar-refractivity contribution in [3.63, 3.8) is 0 Å². The van der Waals surface area contributed by atoms with Gasteiger partial charge in [-0.15, -0.1) is 0 Å². The summed E-state index contributed by atoms with van der Waals surface area (Å²) in [6.45, 7) is 3.79. The van der Waals surface area contributed by atoms with Crippen molar-refractivity contribution in [1.82, 2.24) is 5.32 Å². The number of piperidine rings is 1. The quantitative estimate of drug-likeness (QED) is 0.755. The average molecular weight is 296 g/mol. The second kappa shape index (κ2) is 8.32. The lowest BCUT2D eigenvalue weighted by molar-refractivity contribution is 0.145. The Kier molecular flexibility index (Phi) is 6.42. The minimum atomic E-state index is -0.241. The molecule has 2 N–H and O–H groups in total. The second-order valence-electron chi connectivity index (χ2n) is 5.53. The van der Waals surface area contributed by atoms with Crippen molar-refractivity contribution in [3.8, 4) is 0 Å². The Balaban J connectivity index is 1.90. The van der Waals surface area contributed by atoms with Gasteiger partial charge in [0.05, 0.1) is 11.8 Å². The van der Waals surface area contributed by atoms with Crippen molar-refractivity contribution in [1.29, 1.82) is 0 Å². The summed E-state index contributed by atoms with van der Waals surface area (Å²) in [5.41, 5.74) is 1.73. The topological polar surface area (TPSA) is 44.7 Å². The smallest absolute Gasteiger partial charge is 0.146 e. The highest BCUT2D eigenvalue weighted by Crippen LogP contribution is 2.24. The number of anilines is 1. The van der Waals surface area contributed by atoms with Gasteiger partial charge in [0.15, 0.2) is 0 Å². The lowest BCUT2D eigenvalue weighted by Gasteiger charge is -2.32. The summed E-state index contributed by atoms with van der Waals surface area (Å²) in [6, 6.07) is 5.27. The lowest BCUT2D eigenvalue weighted by Crippen LogP contribution is -2.36. The summed E-state index contributed by atoms with van der Waals surface area (Å²) in [4.78, 5) is 2.02. The van der Waals surface area contributed by atoms with Gasteiger partial charge in [0, 0.05) is 33.4 Å². The minimum Gasteiger partial charge on any atom is -0.393 e. The van der Waals surface area contributed by atoms with Gasteiger partial charge in [-0.05, 0) is 43.5 Å². The van der Waals surface area contributed by atoms with Crippen LogP contribution < -0.4 is 10.2 Å². The monoisotopic (exact) mass is 296 g/mol. The summed E-state index contributed by atoms with van der Waals surface area (Å²) >= 11 is 0. The molecule has 0 aliphatic carbocycles. The Bertz CT molecular complexity index is 434. The third-order valence-electron chi connectivity index (χ3n) is 3.85. The van der Waals surface area contributed by atoms with Crippen LogP contribution in [-0.4, -0.2) is 44.6 Å². The molecule has 1 fully saturated rings. The van der Waals surface area contributed by atoms with Crippen LogP contribution in [-0.2, 0) is 11.3 Å². The van der Waals surface area contributed by atoms with Gasteiger partial charge in [-0.3, -0.25) is 0 Å². The zero-order chi connectivity index (χ0) is 15.1. The molecule has 1 heterocycles. The molecule has 1 aliphatic heterocycles. The van der Waals surface area contributed by atoms with Gasteiger partial charge >= 0.3 is 0 Å². The third kappa shape index (κ3) is 4.95. The molecule has 118 valence electrons. The molecule has 0 amide bonds. The van der Waals surface area contributed by atoms with Gasteiger partial charge in [0.25, 0.3) is 0 Å². The number of methoxy groups -OCH3 is 1. The van der Waals surface area contributed by atoms with Gasteiger partial charge in [-0.2, -0.15) is 0 Å². The zero-order valence-electron chi connectivity index (χ0n) is 12.6. The fraction of sp³-hybridized carbons (Fsp3) is 0.625. The van der Waals surface area contributed by atoms with Crippen LogP contribution in [0.15, 0.2) is 18.2 Å². The van der Waals surface area contributed by atoms with E-state index in [0.717, 1.165) is 31.7 Å². The van der Waals surface area contributed by atoms with E-state index in [2.05, 4.69) is 5.32 Å². The number of nitrogens with one attached hydrogen (secondary N) is 1. The first-order valence-corrected chi connectivity index (χ1v) is 7.62. The first-order valence-electron chi connectivity index (χ1n) is 7.62. The minimum absolute atomic E-state index is 0.186. The van der Waals surface area contributed by atoms with E-state index in [0.29, 0.717) is 31.6 Å². The van der Waals surface area contributed by atoms with Gasteiger partial charge in [0.2, 0.25) is 0 Å². The van der Waals surface area contributed by atoms with Gasteiger partial charge in [0.1, 0.15) is 5.82 Å². The van der Waals surface area contributed by atoms with Crippen LogP contribution in [0.5, 0.6) is 0 Å². The van der Waals surface area contributed by atoms with E-state index >= 15 is 0 Å². The van der Waals surface area contributed by atoms with Crippen LogP contribution in [0.25, 0.3) is 0 Å². The van der Waals surface area contributed by atoms with Crippen LogP contribution in [0.4, 0.5) is 10.1 Å². The highest BCUT2D eigenvalue weighted by molar-refractivity contribution is 5.50.